The van der Waals surface area contributed by atoms with Crippen LogP contribution in [0.15, 0.2) is 18.2 Å². The molecule has 1 rings (SSSR count). The molecule has 0 aromatic heterocycles. The molecule has 1 aromatic carbocycles. The van der Waals surface area contributed by atoms with Crippen LogP contribution < -0.4 is 0 Å². The zero-order valence-electron chi connectivity index (χ0n) is 8.84. The summed E-state index contributed by atoms with van der Waals surface area (Å²) in [6.45, 7) is 2.07. The van der Waals surface area contributed by atoms with E-state index in [1.807, 2.05) is 12.1 Å². The fourth-order valence-corrected chi connectivity index (χ4v) is 1.96. The van der Waals surface area contributed by atoms with Crippen molar-refractivity contribution in [1.29, 1.82) is 0 Å². The molecule has 1 N–H and O–H groups in total. The SMILES string of the molecule is CCCC(O)CCc1cccc(Cl)c1Cl. The monoisotopic (exact) mass is 246 g/mol. The first-order valence-corrected chi connectivity index (χ1v) is 6.01. The Morgan fingerprint density at radius 3 is 2.67 bits per heavy atom. The van der Waals surface area contributed by atoms with E-state index in [4.69, 9.17) is 23.2 Å². The molecule has 0 bridgehead atoms. The predicted molar refractivity (Wildman–Crippen MR) is 65.7 cm³/mol. The molecule has 0 aliphatic heterocycles. The van der Waals surface area contributed by atoms with Gasteiger partial charge in [-0.3, -0.25) is 0 Å². The van der Waals surface area contributed by atoms with Crippen LogP contribution in [0.1, 0.15) is 31.7 Å². The third kappa shape index (κ3) is 4.02. The van der Waals surface area contributed by atoms with Gasteiger partial charge in [-0.15, -0.1) is 0 Å². The highest BCUT2D eigenvalue weighted by atomic mass is 35.5. The molecule has 3 heteroatoms. The van der Waals surface area contributed by atoms with Gasteiger partial charge in [0.15, 0.2) is 0 Å². The van der Waals surface area contributed by atoms with E-state index >= 15 is 0 Å². The zero-order chi connectivity index (χ0) is 11.3. The lowest BCUT2D eigenvalue weighted by Crippen LogP contribution is -2.07. The Labute approximate surface area is 101 Å². The van der Waals surface area contributed by atoms with E-state index in [9.17, 15) is 5.11 Å². The third-order valence-electron chi connectivity index (χ3n) is 2.40. The highest BCUT2D eigenvalue weighted by molar-refractivity contribution is 6.42. The van der Waals surface area contributed by atoms with E-state index in [-0.39, 0.29) is 6.10 Å². The standard InChI is InChI=1S/C12H16Cl2O/c1-2-4-10(15)8-7-9-5-3-6-11(13)12(9)14/h3,5-6,10,15H,2,4,7-8H2,1H3. The van der Waals surface area contributed by atoms with E-state index in [0.29, 0.717) is 10.0 Å². The average molecular weight is 247 g/mol. The number of hydrogen-bond acceptors (Lipinski definition) is 1. The van der Waals surface area contributed by atoms with Gasteiger partial charge in [0.2, 0.25) is 0 Å². The lowest BCUT2D eigenvalue weighted by Gasteiger charge is -2.10. The van der Waals surface area contributed by atoms with Gasteiger partial charge in [0, 0.05) is 0 Å². The molecule has 1 unspecified atom stereocenters. The summed E-state index contributed by atoms with van der Waals surface area (Å²) in [6.07, 6.45) is 3.14. The van der Waals surface area contributed by atoms with Crippen LogP contribution in [-0.4, -0.2) is 11.2 Å². The number of aliphatic hydroxyl groups excluding tert-OH is 1. The Kier molecular flexibility index (Phi) is 5.44. The smallest absolute Gasteiger partial charge is 0.0624 e. The molecule has 0 amide bonds. The molecule has 1 atom stereocenters. The molecule has 84 valence electrons. The van der Waals surface area contributed by atoms with Crippen LogP contribution in [0.2, 0.25) is 10.0 Å². The van der Waals surface area contributed by atoms with Crippen LogP contribution in [0.5, 0.6) is 0 Å². The van der Waals surface area contributed by atoms with Crippen LogP contribution in [0, 0.1) is 0 Å². The van der Waals surface area contributed by atoms with E-state index in [1.54, 1.807) is 6.07 Å². The number of hydrogen-bond donors (Lipinski definition) is 1. The lowest BCUT2D eigenvalue weighted by atomic mass is 10.0. The van der Waals surface area contributed by atoms with Crippen molar-refractivity contribution in [2.24, 2.45) is 0 Å². The molecular weight excluding hydrogens is 231 g/mol. The van der Waals surface area contributed by atoms with Crippen molar-refractivity contribution >= 4 is 23.2 Å². The van der Waals surface area contributed by atoms with Gasteiger partial charge in [-0.2, -0.15) is 0 Å². The van der Waals surface area contributed by atoms with Crippen LogP contribution >= 0.6 is 23.2 Å². The molecule has 0 radical (unpaired) electrons. The molecule has 1 nitrogen and oxygen atoms in total. The summed E-state index contributed by atoms with van der Waals surface area (Å²) in [5.41, 5.74) is 1.01. The summed E-state index contributed by atoms with van der Waals surface area (Å²) in [7, 11) is 0. The Hall–Kier alpha value is -0.240. The van der Waals surface area contributed by atoms with Crippen LogP contribution in [0.25, 0.3) is 0 Å². The fourth-order valence-electron chi connectivity index (χ4n) is 1.54. The van der Waals surface area contributed by atoms with Crippen molar-refractivity contribution in [3.8, 4) is 0 Å². The summed E-state index contributed by atoms with van der Waals surface area (Å²) in [6, 6.07) is 5.61. The van der Waals surface area contributed by atoms with Crippen molar-refractivity contribution in [3.63, 3.8) is 0 Å². The molecule has 0 aliphatic rings. The largest absolute Gasteiger partial charge is 0.393 e. The van der Waals surface area contributed by atoms with Gasteiger partial charge in [0.1, 0.15) is 0 Å². The Morgan fingerprint density at radius 1 is 1.27 bits per heavy atom. The minimum absolute atomic E-state index is 0.231. The maximum atomic E-state index is 9.59. The van der Waals surface area contributed by atoms with Crippen LogP contribution in [-0.2, 0) is 6.42 Å². The maximum Gasteiger partial charge on any atom is 0.0624 e. The predicted octanol–water partition coefficient (Wildman–Crippen LogP) is 4.09. The second-order valence-corrected chi connectivity index (χ2v) is 4.48. The number of aryl methyl sites for hydroxylation is 1. The summed E-state index contributed by atoms with van der Waals surface area (Å²) < 4.78 is 0. The molecule has 0 aliphatic carbocycles. The molecule has 0 spiro atoms. The third-order valence-corrected chi connectivity index (χ3v) is 3.26. The first-order valence-electron chi connectivity index (χ1n) is 5.26. The minimum Gasteiger partial charge on any atom is -0.393 e. The van der Waals surface area contributed by atoms with Crippen molar-refractivity contribution < 1.29 is 5.11 Å². The van der Waals surface area contributed by atoms with Crippen LogP contribution in [0.3, 0.4) is 0 Å². The normalized spacial score (nSPS) is 12.8. The van der Waals surface area contributed by atoms with Crippen molar-refractivity contribution in [2.45, 2.75) is 38.7 Å². The van der Waals surface area contributed by atoms with E-state index < -0.39 is 0 Å². The number of aliphatic hydroxyl groups is 1. The second kappa shape index (κ2) is 6.37. The van der Waals surface area contributed by atoms with Gasteiger partial charge >= 0.3 is 0 Å². The maximum absolute atomic E-state index is 9.59. The Balaban J connectivity index is 2.54. The van der Waals surface area contributed by atoms with E-state index in [0.717, 1.165) is 31.2 Å². The molecule has 0 fully saturated rings. The highest BCUT2D eigenvalue weighted by Gasteiger charge is 2.07. The van der Waals surface area contributed by atoms with Gasteiger partial charge in [-0.05, 0) is 30.9 Å². The highest BCUT2D eigenvalue weighted by Crippen LogP contribution is 2.26. The Morgan fingerprint density at radius 2 is 2.00 bits per heavy atom. The summed E-state index contributed by atoms with van der Waals surface area (Å²) in [5.74, 6) is 0. The van der Waals surface area contributed by atoms with Crippen molar-refractivity contribution in [2.75, 3.05) is 0 Å². The van der Waals surface area contributed by atoms with Crippen molar-refractivity contribution in [1.82, 2.24) is 0 Å². The lowest BCUT2D eigenvalue weighted by molar-refractivity contribution is 0.154. The number of halogens is 2. The van der Waals surface area contributed by atoms with Crippen LogP contribution in [0.4, 0.5) is 0 Å². The Bertz CT molecular complexity index is 312. The summed E-state index contributed by atoms with van der Waals surface area (Å²) in [4.78, 5) is 0. The summed E-state index contributed by atoms with van der Waals surface area (Å²) >= 11 is 11.9. The zero-order valence-corrected chi connectivity index (χ0v) is 10.4. The summed E-state index contributed by atoms with van der Waals surface area (Å²) in [5, 5.41) is 10.8. The molecule has 0 heterocycles. The molecule has 15 heavy (non-hydrogen) atoms. The first kappa shape index (κ1) is 12.8. The van der Waals surface area contributed by atoms with Gasteiger partial charge in [-0.25, -0.2) is 0 Å². The molecule has 0 saturated carbocycles. The number of benzene rings is 1. The molecule has 1 aromatic rings. The van der Waals surface area contributed by atoms with Crippen molar-refractivity contribution in [3.05, 3.63) is 33.8 Å². The quantitative estimate of drug-likeness (QED) is 0.830. The van der Waals surface area contributed by atoms with E-state index in [1.165, 1.54) is 0 Å². The minimum atomic E-state index is -0.231. The van der Waals surface area contributed by atoms with Gasteiger partial charge < -0.3 is 5.11 Å². The van der Waals surface area contributed by atoms with Gasteiger partial charge in [0.05, 0.1) is 16.1 Å². The number of rotatable bonds is 5. The van der Waals surface area contributed by atoms with Gasteiger partial charge in [0.25, 0.3) is 0 Å². The topological polar surface area (TPSA) is 20.2 Å². The second-order valence-electron chi connectivity index (χ2n) is 3.69. The van der Waals surface area contributed by atoms with Gasteiger partial charge in [-0.1, -0.05) is 48.7 Å². The fraction of sp³-hybridized carbons (Fsp3) is 0.500. The average Bonchev–Trinajstić information content (AvgIpc) is 2.21. The molecular formula is C12H16Cl2O. The van der Waals surface area contributed by atoms with E-state index in [2.05, 4.69) is 6.92 Å². The molecule has 0 saturated heterocycles. The first-order chi connectivity index (χ1) is 7.15.